The second-order valence-corrected chi connectivity index (χ2v) is 4.05. The van der Waals surface area contributed by atoms with Crippen molar-refractivity contribution in [3.63, 3.8) is 0 Å². The number of nitrogens with one attached hydrogen (secondary N) is 2. The van der Waals surface area contributed by atoms with Gasteiger partial charge in [0.1, 0.15) is 0 Å². The lowest BCUT2D eigenvalue weighted by Gasteiger charge is -2.15. The molecule has 0 spiro atoms. The number of hydrogen-bond donors (Lipinski definition) is 2. The van der Waals surface area contributed by atoms with Crippen LogP contribution in [0.25, 0.3) is 0 Å². The molecule has 1 aromatic carbocycles. The summed E-state index contributed by atoms with van der Waals surface area (Å²) in [4.78, 5) is 0. The Hall–Kier alpha value is -1.88. The molecule has 1 heterocycles. The largest absolute Gasteiger partial charge is 0.407 e. The van der Waals surface area contributed by atoms with Crippen LogP contribution >= 0.6 is 0 Å². The van der Waals surface area contributed by atoms with Gasteiger partial charge in [-0.2, -0.15) is 0 Å². The Morgan fingerprint density at radius 2 is 2.00 bits per heavy atom. The molecule has 0 bridgehead atoms. The second-order valence-electron chi connectivity index (χ2n) is 4.05. The van der Waals surface area contributed by atoms with Crippen LogP contribution in [0.1, 0.15) is 30.8 Å². The molecule has 0 amide bonds. The van der Waals surface area contributed by atoms with Crippen LogP contribution in [0.5, 0.6) is 0 Å². The van der Waals surface area contributed by atoms with Gasteiger partial charge in [0, 0.05) is 0 Å². The highest BCUT2D eigenvalue weighted by atomic mass is 16.4. The molecule has 0 saturated carbocycles. The Balaban J connectivity index is 2.06. The molecule has 5 heteroatoms. The fourth-order valence-electron chi connectivity index (χ4n) is 1.79. The van der Waals surface area contributed by atoms with Gasteiger partial charge >= 0.3 is 6.01 Å². The molecular weight excluding hydrogens is 228 g/mol. The maximum Gasteiger partial charge on any atom is 0.315 e. The van der Waals surface area contributed by atoms with E-state index < -0.39 is 0 Å². The van der Waals surface area contributed by atoms with E-state index in [1.807, 2.05) is 25.2 Å². The van der Waals surface area contributed by atoms with Gasteiger partial charge in [-0.15, -0.1) is 5.10 Å². The minimum Gasteiger partial charge on any atom is -0.407 e. The summed E-state index contributed by atoms with van der Waals surface area (Å²) in [5.41, 5.74) is 1.22. The molecule has 0 aliphatic rings. The molecule has 0 fully saturated rings. The van der Waals surface area contributed by atoms with E-state index in [0.717, 1.165) is 6.42 Å². The molecular formula is C13H18N4O. The molecule has 2 N–H and O–H groups in total. The molecule has 2 rings (SSSR count). The van der Waals surface area contributed by atoms with Crippen LogP contribution < -0.4 is 10.6 Å². The molecule has 18 heavy (non-hydrogen) atoms. The van der Waals surface area contributed by atoms with Gasteiger partial charge in [-0.25, -0.2) is 0 Å². The lowest BCUT2D eigenvalue weighted by Crippen LogP contribution is -2.09. The first-order valence-corrected chi connectivity index (χ1v) is 6.12. The van der Waals surface area contributed by atoms with Gasteiger partial charge in [-0.1, -0.05) is 42.4 Å². The summed E-state index contributed by atoms with van der Waals surface area (Å²) in [7, 11) is 1.84. The van der Waals surface area contributed by atoms with E-state index >= 15 is 0 Å². The van der Waals surface area contributed by atoms with E-state index in [-0.39, 0.29) is 6.04 Å². The molecule has 0 aliphatic carbocycles. The van der Waals surface area contributed by atoms with Crippen molar-refractivity contribution in [2.75, 3.05) is 12.4 Å². The van der Waals surface area contributed by atoms with Crippen molar-refractivity contribution < 1.29 is 4.42 Å². The van der Waals surface area contributed by atoms with E-state index in [1.54, 1.807) is 0 Å². The summed E-state index contributed by atoms with van der Waals surface area (Å²) in [5, 5.41) is 14.2. The number of anilines is 1. The molecule has 0 aliphatic heterocycles. The lowest BCUT2D eigenvalue weighted by atomic mass is 10.1. The predicted octanol–water partition coefficient (Wildman–Crippen LogP) is 2.35. The first kappa shape index (κ1) is 12.6. The van der Waals surface area contributed by atoms with Crippen molar-refractivity contribution in [3.05, 3.63) is 41.8 Å². The Morgan fingerprint density at radius 3 is 2.67 bits per heavy atom. The Kier molecular flexibility index (Phi) is 4.30. The quantitative estimate of drug-likeness (QED) is 0.819. The topological polar surface area (TPSA) is 63.0 Å². The van der Waals surface area contributed by atoms with E-state index in [4.69, 9.17) is 4.42 Å². The van der Waals surface area contributed by atoms with Gasteiger partial charge in [-0.3, -0.25) is 0 Å². The van der Waals surface area contributed by atoms with Gasteiger partial charge in [0.25, 0.3) is 0 Å². The standard InChI is InChI=1S/C13H18N4O/c1-3-11(10-7-5-4-6-8-10)15-13-17-16-12(18-13)9-14-2/h4-8,11,14H,3,9H2,1-2H3,(H,15,17)/t11-/m0/s1. The van der Waals surface area contributed by atoms with Gasteiger partial charge < -0.3 is 15.1 Å². The summed E-state index contributed by atoms with van der Waals surface area (Å²) in [6, 6.07) is 10.9. The summed E-state index contributed by atoms with van der Waals surface area (Å²) in [5.74, 6) is 0.586. The summed E-state index contributed by atoms with van der Waals surface area (Å²) in [6.07, 6.45) is 0.952. The van der Waals surface area contributed by atoms with Crippen LogP contribution in [-0.4, -0.2) is 17.2 Å². The smallest absolute Gasteiger partial charge is 0.315 e. The zero-order valence-corrected chi connectivity index (χ0v) is 10.7. The minimum absolute atomic E-state index is 0.189. The maximum atomic E-state index is 5.48. The van der Waals surface area contributed by atoms with Gasteiger partial charge in [0.05, 0.1) is 12.6 Å². The number of aromatic nitrogens is 2. The van der Waals surface area contributed by atoms with Crippen LogP contribution in [-0.2, 0) is 6.54 Å². The number of benzene rings is 1. The van der Waals surface area contributed by atoms with Crippen molar-refractivity contribution in [2.45, 2.75) is 25.9 Å². The minimum atomic E-state index is 0.189. The van der Waals surface area contributed by atoms with E-state index in [1.165, 1.54) is 5.56 Å². The van der Waals surface area contributed by atoms with Crippen molar-refractivity contribution in [3.8, 4) is 0 Å². The van der Waals surface area contributed by atoms with Gasteiger partial charge in [0.15, 0.2) is 0 Å². The average molecular weight is 246 g/mol. The van der Waals surface area contributed by atoms with Crippen LogP contribution in [0, 0.1) is 0 Å². The molecule has 1 aromatic heterocycles. The van der Waals surface area contributed by atoms with Crippen molar-refractivity contribution in [2.24, 2.45) is 0 Å². The molecule has 96 valence electrons. The van der Waals surface area contributed by atoms with Gasteiger partial charge in [0.2, 0.25) is 5.89 Å². The molecule has 0 unspecified atom stereocenters. The van der Waals surface area contributed by atoms with Crippen LogP contribution in [0.15, 0.2) is 34.7 Å². The Morgan fingerprint density at radius 1 is 1.22 bits per heavy atom. The number of rotatable bonds is 6. The fourth-order valence-corrected chi connectivity index (χ4v) is 1.79. The monoisotopic (exact) mass is 246 g/mol. The van der Waals surface area contributed by atoms with E-state index in [0.29, 0.717) is 18.5 Å². The van der Waals surface area contributed by atoms with Crippen LogP contribution in [0.4, 0.5) is 6.01 Å². The highest BCUT2D eigenvalue weighted by molar-refractivity contribution is 5.28. The zero-order valence-electron chi connectivity index (χ0n) is 10.7. The summed E-state index contributed by atoms with van der Waals surface area (Å²) >= 11 is 0. The molecule has 0 saturated heterocycles. The number of hydrogen-bond acceptors (Lipinski definition) is 5. The third-order valence-corrected chi connectivity index (χ3v) is 2.70. The molecule has 5 nitrogen and oxygen atoms in total. The average Bonchev–Trinajstić information content (AvgIpc) is 2.85. The van der Waals surface area contributed by atoms with Crippen molar-refractivity contribution in [1.29, 1.82) is 0 Å². The Bertz CT molecular complexity index is 469. The predicted molar refractivity (Wildman–Crippen MR) is 70.2 cm³/mol. The third kappa shape index (κ3) is 3.07. The fraction of sp³-hybridized carbons (Fsp3) is 0.385. The molecule has 2 aromatic rings. The highest BCUT2D eigenvalue weighted by Gasteiger charge is 2.12. The van der Waals surface area contributed by atoms with Crippen molar-refractivity contribution in [1.82, 2.24) is 15.5 Å². The SMILES string of the molecule is CC[C@H](Nc1nnc(CNC)o1)c1ccccc1. The van der Waals surface area contributed by atoms with E-state index in [9.17, 15) is 0 Å². The lowest BCUT2D eigenvalue weighted by molar-refractivity contribution is 0.483. The van der Waals surface area contributed by atoms with Crippen LogP contribution in [0.3, 0.4) is 0 Å². The van der Waals surface area contributed by atoms with Crippen LogP contribution in [0.2, 0.25) is 0 Å². The molecule has 0 radical (unpaired) electrons. The summed E-state index contributed by atoms with van der Waals surface area (Å²) in [6.45, 7) is 2.70. The number of nitrogens with zero attached hydrogens (tertiary/aromatic N) is 2. The third-order valence-electron chi connectivity index (χ3n) is 2.70. The van der Waals surface area contributed by atoms with E-state index in [2.05, 4.69) is 39.9 Å². The maximum absolute atomic E-state index is 5.48. The second kappa shape index (κ2) is 6.16. The highest BCUT2D eigenvalue weighted by Crippen LogP contribution is 2.21. The normalized spacial score (nSPS) is 12.3. The van der Waals surface area contributed by atoms with Crippen molar-refractivity contribution >= 4 is 6.01 Å². The van der Waals surface area contributed by atoms with Gasteiger partial charge in [-0.05, 0) is 19.0 Å². The first-order valence-electron chi connectivity index (χ1n) is 6.12. The first-order chi connectivity index (χ1) is 8.83. The zero-order chi connectivity index (χ0) is 12.8. The summed E-state index contributed by atoms with van der Waals surface area (Å²) < 4.78 is 5.48. The Labute approximate surface area is 107 Å². The molecule has 1 atom stereocenters.